The summed E-state index contributed by atoms with van der Waals surface area (Å²) in [4.78, 5) is 45.3. The Morgan fingerprint density at radius 1 is 1.05 bits per heavy atom. The van der Waals surface area contributed by atoms with Crippen LogP contribution in [0.4, 0.5) is 0 Å². The highest BCUT2D eigenvalue weighted by Gasteiger charge is 2.28. The molecule has 0 aromatic heterocycles. The van der Waals surface area contributed by atoms with Crippen molar-refractivity contribution in [1.29, 1.82) is 0 Å². The van der Waals surface area contributed by atoms with Gasteiger partial charge in [-0.1, -0.05) is 13.8 Å². The molecule has 3 amide bonds. The number of carboxylic acid groups (broad SMARTS) is 1. The maximum atomic E-state index is 11.9. The summed E-state index contributed by atoms with van der Waals surface area (Å²) in [5.41, 5.74) is 10.5. The molecule has 126 valence electrons. The zero-order valence-electron chi connectivity index (χ0n) is 12.4. The molecule has 0 heterocycles. The third kappa shape index (κ3) is 6.50. The first-order valence-corrected chi connectivity index (χ1v) is 6.58. The van der Waals surface area contributed by atoms with E-state index in [4.69, 9.17) is 21.7 Å². The fraction of sp³-hybridized carbons (Fsp3) is 0.667. The van der Waals surface area contributed by atoms with E-state index in [1.54, 1.807) is 13.8 Å². The van der Waals surface area contributed by atoms with Crippen molar-refractivity contribution >= 4 is 23.7 Å². The third-order valence-corrected chi connectivity index (χ3v) is 2.86. The van der Waals surface area contributed by atoms with Crippen LogP contribution in [0.2, 0.25) is 0 Å². The number of carboxylic acids is 1. The van der Waals surface area contributed by atoms with Crippen molar-refractivity contribution in [3.05, 3.63) is 0 Å². The SMILES string of the molecule is CC(C)C(N)C(=O)NC(CO)C(=O)NC(CC(N)=O)C(=O)O. The van der Waals surface area contributed by atoms with Gasteiger partial charge in [-0.05, 0) is 5.92 Å². The zero-order valence-corrected chi connectivity index (χ0v) is 12.4. The first kappa shape index (κ1) is 19.8. The first-order chi connectivity index (χ1) is 10.1. The number of hydrogen-bond acceptors (Lipinski definition) is 6. The standard InChI is InChI=1S/C12H22N4O6/c1-5(2)9(14)11(20)16-7(4-17)10(19)15-6(12(21)22)3-8(13)18/h5-7,9,17H,3-4,14H2,1-2H3,(H2,13,18)(H,15,19)(H,16,20)(H,21,22). The van der Waals surface area contributed by atoms with Gasteiger partial charge in [0.25, 0.3) is 0 Å². The van der Waals surface area contributed by atoms with E-state index >= 15 is 0 Å². The van der Waals surface area contributed by atoms with Crippen LogP contribution in [-0.4, -0.2) is 58.6 Å². The largest absolute Gasteiger partial charge is 0.480 e. The number of hydrogen-bond donors (Lipinski definition) is 6. The molecule has 0 radical (unpaired) electrons. The number of aliphatic carboxylic acids is 1. The van der Waals surface area contributed by atoms with E-state index in [9.17, 15) is 19.2 Å². The Labute approximate surface area is 127 Å². The van der Waals surface area contributed by atoms with Crippen molar-refractivity contribution < 1.29 is 29.4 Å². The van der Waals surface area contributed by atoms with Crippen molar-refractivity contribution in [3.63, 3.8) is 0 Å². The van der Waals surface area contributed by atoms with Crippen LogP contribution >= 0.6 is 0 Å². The lowest BCUT2D eigenvalue weighted by molar-refractivity contribution is -0.144. The van der Waals surface area contributed by atoms with Crippen LogP contribution in [0.1, 0.15) is 20.3 Å². The van der Waals surface area contributed by atoms with Crippen molar-refractivity contribution in [1.82, 2.24) is 10.6 Å². The molecule has 0 aromatic rings. The van der Waals surface area contributed by atoms with Gasteiger partial charge in [0.05, 0.1) is 19.1 Å². The number of carbonyl (C=O) groups is 4. The second-order valence-corrected chi connectivity index (χ2v) is 5.08. The quantitative estimate of drug-likeness (QED) is 0.260. The molecule has 0 saturated heterocycles. The van der Waals surface area contributed by atoms with Crippen LogP contribution in [0.3, 0.4) is 0 Å². The average molecular weight is 318 g/mol. The zero-order chi connectivity index (χ0) is 17.4. The lowest BCUT2D eigenvalue weighted by atomic mass is 10.0. The summed E-state index contributed by atoms with van der Waals surface area (Å²) in [5.74, 6) is -4.19. The van der Waals surface area contributed by atoms with Crippen molar-refractivity contribution in [2.24, 2.45) is 17.4 Å². The molecule has 0 bridgehead atoms. The highest BCUT2D eigenvalue weighted by atomic mass is 16.4. The number of rotatable bonds is 9. The van der Waals surface area contributed by atoms with Crippen molar-refractivity contribution in [2.45, 2.75) is 38.4 Å². The Bertz CT molecular complexity index is 439. The summed E-state index contributed by atoms with van der Waals surface area (Å²) in [6.45, 7) is 2.64. The molecule has 3 unspecified atom stereocenters. The Morgan fingerprint density at radius 2 is 1.55 bits per heavy atom. The van der Waals surface area contributed by atoms with Gasteiger partial charge in [0, 0.05) is 0 Å². The van der Waals surface area contributed by atoms with Gasteiger partial charge in [0.15, 0.2) is 0 Å². The number of nitrogens with one attached hydrogen (secondary N) is 2. The minimum Gasteiger partial charge on any atom is -0.480 e. The summed E-state index contributed by atoms with van der Waals surface area (Å²) < 4.78 is 0. The molecule has 3 atom stereocenters. The van der Waals surface area contributed by atoms with Crippen LogP contribution in [0, 0.1) is 5.92 Å². The molecule has 10 heteroatoms. The second kappa shape index (κ2) is 8.95. The molecule has 8 N–H and O–H groups in total. The summed E-state index contributed by atoms with van der Waals surface area (Å²) >= 11 is 0. The molecule has 0 spiro atoms. The van der Waals surface area contributed by atoms with Gasteiger partial charge < -0.3 is 32.3 Å². The van der Waals surface area contributed by atoms with Gasteiger partial charge in [0.1, 0.15) is 12.1 Å². The number of amides is 3. The fourth-order valence-corrected chi connectivity index (χ4v) is 1.44. The van der Waals surface area contributed by atoms with Gasteiger partial charge in [-0.2, -0.15) is 0 Å². The summed E-state index contributed by atoms with van der Waals surface area (Å²) in [6, 6.07) is -3.82. The molecule has 0 aliphatic rings. The molecule has 0 fully saturated rings. The Kier molecular flexibility index (Phi) is 8.05. The third-order valence-electron chi connectivity index (χ3n) is 2.86. The summed E-state index contributed by atoms with van der Waals surface area (Å²) in [6.07, 6.45) is -0.612. The van der Waals surface area contributed by atoms with Crippen LogP contribution in [0.25, 0.3) is 0 Å². The van der Waals surface area contributed by atoms with Crippen LogP contribution in [-0.2, 0) is 19.2 Å². The molecule has 0 aliphatic heterocycles. The fourth-order valence-electron chi connectivity index (χ4n) is 1.44. The molecule has 0 aromatic carbocycles. The highest BCUT2D eigenvalue weighted by Crippen LogP contribution is 1.99. The normalized spacial score (nSPS) is 14.8. The minimum atomic E-state index is -1.55. The van der Waals surface area contributed by atoms with E-state index in [0.717, 1.165) is 0 Å². The number of aliphatic hydroxyl groups excluding tert-OH is 1. The lowest BCUT2D eigenvalue weighted by Gasteiger charge is -2.22. The van der Waals surface area contributed by atoms with Crippen molar-refractivity contribution in [2.75, 3.05) is 6.61 Å². The molecule has 0 saturated carbocycles. The Morgan fingerprint density at radius 3 is 1.91 bits per heavy atom. The summed E-state index contributed by atoms with van der Waals surface area (Å²) in [5, 5.41) is 22.2. The summed E-state index contributed by atoms with van der Waals surface area (Å²) in [7, 11) is 0. The van der Waals surface area contributed by atoms with E-state index in [2.05, 4.69) is 5.32 Å². The Balaban J connectivity index is 4.80. The molecular weight excluding hydrogens is 296 g/mol. The van der Waals surface area contributed by atoms with E-state index in [0.29, 0.717) is 0 Å². The number of carbonyl (C=O) groups excluding carboxylic acids is 3. The van der Waals surface area contributed by atoms with Gasteiger partial charge in [-0.25, -0.2) is 4.79 Å². The van der Waals surface area contributed by atoms with Gasteiger partial charge in [-0.3, -0.25) is 14.4 Å². The minimum absolute atomic E-state index is 0.191. The average Bonchev–Trinajstić information content (AvgIpc) is 2.41. The van der Waals surface area contributed by atoms with Gasteiger partial charge in [-0.15, -0.1) is 0 Å². The predicted molar refractivity (Wildman–Crippen MR) is 75.2 cm³/mol. The molecule has 0 rings (SSSR count). The van der Waals surface area contributed by atoms with Crippen LogP contribution in [0.5, 0.6) is 0 Å². The molecular formula is C12H22N4O6. The Hall–Kier alpha value is -2.20. The topological polar surface area (TPSA) is 185 Å². The molecule has 22 heavy (non-hydrogen) atoms. The number of nitrogens with two attached hydrogens (primary N) is 2. The van der Waals surface area contributed by atoms with Crippen LogP contribution in [0.15, 0.2) is 0 Å². The van der Waals surface area contributed by atoms with E-state index in [-0.39, 0.29) is 5.92 Å². The number of primary amides is 1. The van der Waals surface area contributed by atoms with E-state index in [1.807, 2.05) is 5.32 Å². The monoisotopic (exact) mass is 318 g/mol. The molecule has 10 nitrogen and oxygen atoms in total. The second-order valence-electron chi connectivity index (χ2n) is 5.08. The maximum Gasteiger partial charge on any atom is 0.326 e. The van der Waals surface area contributed by atoms with Gasteiger partial charge >= 0.3 is 5.97 Å². The van der Waals surface area contributed by atoms with E-state index in [1.165, 1.54) is 0 Å². The first-order valence-electron chi connectivity index (χ1n) is 6.58. The maximum absolute atomic E-state index is 11.9. The lowest BCUT2D eigenvalue weighted by Crippen LogP contribution is -2.56. The number of aliphatic hydroxyl groups is 1. The smallest absolute Gasteiger partial charge is 0.326 e. The van der Waals surface area contributed by atoms with Crippen LogP contribution < -0.4 is 22.1 Å². The van der Waals surface area contributed by atoms with E-state index < -0.39 is 54.8 Å². The van der Waals surface area contributed by atoms with Crippen molar-refractivity contribution in [3.8, 4) is 0 Å². The van der Waals surface area contributed by atoms with Gasteiger partial charge in [0.2, 0.25) is 17.7 Å². The highest BCUT2D eigenvalue weighted by molar-refractivity contribution is 5.93. The molecule has 0 aliphatic carbocycles. The predicted octanol–water partition coefficient (Wildman–Crippen LogP) is -3.11.